The molecular weight excluding hydrogens is 280 g/mol. The summed E-state index contributed by atoms with van der Waals surface area (Å²) in [5, 5.41) is 29.3. The molecule has 0 heterocycles. The zero-order valence-electron chi connectivity index (χ0n) is 13.5. The summed E-state index contributed by atoms with van der Waals surface area (Å²) in [4.78, 5) is 0. The standard InChI is InChI=1S/C14H30O7/c1-5-18-12(19-6-2)14(20-7-3,21-8-4)13(9-15,10-16)11-17/h12,15-17H,5-11H2,1-4H3. The summed E-state index contributed by atoms with van der Waals surface area (Å²) < 4.78 is 22.6. The second-order valence-corrected chi connectivity index (χ2v) is 4.53. The highest BCUT2D eigenvalue weighted by molar-refractivity contribution is 4.96. The molecule has 21 heavy (non-hydrogen) atoms. The van der Waals surface area contributed by atoms with Crippen LogP contribution in [0.15, 0.2) is 0 Å². The Labute approximate surface area is 126 Å². The average molecular weight is 310 g/mol. The molecular formula is C14H30O7. The first-order valence-corrected chi connectivity index (χ1v) is 7.41. The average Bonchev–Trinajstić information content (AvgIpc) is 2.49. The lowest BCUT2D eigenvalue weighted by atomic mass is 9.80. The van der Waals surface area contributed by atoms with Gasteiger partial charge in [-0.2, -0.15) is 0 Å². The molecule has 0 fully saturated rings. The Morgan fingerprint density at radius 1 is 0.714 bits per heavy atom. The minimum atomic E-state index is -1.61. The SMILES string of the molecule is CCOC(OCC)C(OCC)(OCC)C(CO)(CO)CO. The van der Waals surface area contributed by atoms with Gasteiger partial charge in [-0.15, -0.1) is 0 Å². The van der Waals surface area contributed by atoms with Crippen LogP contribution in [0.1, 0.15) is 27.7 Å². The summed E-state index contributed by atoms with van der Waals surface area (Å²) in [5.74, 6) is -1.61. The van der Waals surface area contributed by atoms with E-state index in [1.807, 2.05) is 0 Å². The molecule has 0 saturated carbocycles. The largest absolute Gasteiger partial charge is 0.395 e. The van der Waals surface area contributed by atoms with Gasteiger partial charge in [0.2, 0.25) is 12.1 Å². The van der Waals surface area contributed by atoms with Gasteiger partial charge in [0.15, 0.2) is 0 Å². The third-order valence-corrected chi connectivity index (χ3v) is 3.31. The lowest BCUT2D eigenvalue weighted by Gasteiger charge is -2.49. The van der Waals surface area contributed by atoms with Crippen LogP contribution >= 0.6 is 0 Å². The van der Waals surface area contributed by atoms with Crippen LogP contribution in [0.25, 0.3) is 0 Å². The van der Waals surface area contributed by atoms with Crippen LogP contribution in [-0.4, -0.2) is 73.6 Å². The highest BCUT2D eigenvalue weighted by Crippen LogP contribution is 2.40. The van der Waals surface area contributed by atoms with E-state index in [2.05, 4.69) is 0 Å². The van der Waals surface area contributed by atoms with E-state index in [4.69, 9.17) is 18.9 Å². The number of ether oxygens (including phenoxy) is 4. The number of aliphatic hydroxyl groups excluding tert-OH is 3. The fraction of sp³-hybridized carbons (Fsp3) is 1.00. The second kappa shape index (κ2) is 10.4. The Kier molecular flexibility index (Phi) is 10.3. The molecule has 0 bridgehead atoms. The van der Waals surface area contributed by atoms with Crippen molar-refractivity contribution in [3.8, 4) is 0 Å². The van der Waals surface area contributed by atoms with E-state index in [-0.39, 0.29) is 13.2 Å². The van der Waals surface area contributed by atoms with Crippen molar-refractivity contribution in [3.05, 3.63) is 0 Å². The van der Waals surface area contributed by atoms with Crippen molar-refractivity contribution in [2.45, 2.75) is 39.8 Å². The Hall–Kier alpha value is -0.280. The monoisotopic (exact) mass is 310 g/mol. The summed E-state index contributed by atoms with van der Waals surface area (Å²) in [7, 11) is 0. The molecule has 0 aromatic carbocycles. The van der Waals surface area contributed by atoms with E-state index < -0.39 is 37.3 Å². The molecule has 0 amide bonds. The van der Waals surface area contributed by atoms with Gasteiger partial charge in [-0.25, -0.2) is 0 Å². The van der Waals surface area contributed by atoms with Gasteiger partial charge >= 0.3 is 0 Å². The van der Waals surface area contributed by atoms with Crippen molar-refractivity contribution < 1.29 is 34.3 Å². The van der Waals surface area contributed by atoms with Gasteiger partial charge < -0.3 is 34.3 Å². The molecule has 0 rings (SSSR count). The Bertz CT molecular complexity index is 235. The van der Waals surface area contributed by atoms with Gasteiger partial charge in [0.25, 0.3) is 0 Å². The molecule has 0 unspecified atom stereocenters. The molecule has 7 nitrogen and oxygen atoms in total. The molecule has 0 aliphatic heterocycles. The lowest BCUT2D eigenvalue weighted by molar-refractivity contribution is -0.403. The second-order valence-electron chi connectivity index (χ2n) is 4.53. The minimum absolute atomic E-state index is 0.235. The Balaban J connectivity index is 5.88. The van der Waals surface area contributed by atoms with Crippen LogP contribution in [0.4, 0.5) is 0 Å². The van der Waals surface area contributed by atoms with Crippen LogP contribution in [0, 0.1) is 5.41 Å². The number of hydrogen-bond donors (Lipinski definition) is 3. The Morgan fingerprint density at radius 3 is 1.33 bits per heavy atom. The van der Waals surface area contributed by atoms with Gasteiger partial charge in [0.05, 0.1) is 25.2 Å². The van der Waals surface area contributed by atoms with Gasteiger partial charge in [0, 0.05) is 26.4 Å². The molecule has 0 radical (unpaired) electrons. The highest BCUT2D eigenvalue weighted by Gasteiger charge is 2.59. The minimum Gasteiger partial charge on any atom is -0.395 e. The first-order chi connectivity index (χ1) is 10.1. The maximum Gasteiger partial charge on any atom is 0.233 e. The van der Waals surface area contributed by atoms with Crippen molar-refractivity contribution in [3.63, 3.8) is 0 Å². The summed E-state index contributed by atoms with van der Waals surface area (Å²) >= 11 is 0. The first-order valence-electron chi connectivity index (χ1n) is 7.41. The molecule has 0 aliphatic rings. The fourth-order valence-electron chi connectivity index (χ4n) is 2.21. The fourth-order valence-corrected chi connectivity index (χ4v) is 2.21. The van der Waals surface area contributed by atoms with Crippen molar-refractivity contribution in [1.29, 1.82) is 0 Å². The van der Waals surface area contributed by atoms with Crippen molar-refractivity contribution >= 4 is 0 Å². The van der Waals surface area contributed by atoms with Gasteiger partial charge in [0.1, 0.15) is 0 Å². The summed E-state index contributed by atoms with van der Waals surface area (Å²) in [6.45, 7) is 6.55. The Morgan fingerprint density at radius 2 is 1.10 bits per heavy atom. The number of rotatable bonds is 13. The molecule has 0 aliphatic carbocycles. The maximum absolute atomic E-state index is 9.76. The van der Waals surface area contributed by atoms with Crippen LogP contribution in [0.5, 0.6) is 0 Å². The van der Waals surface area contributed by atoms with Gasteiger partial charge in [-0.1, -0.05) is 0 Å². The van der Waals surface area contributed by atoms with E-state index >= 15 is 0 Å². The normalized spacial score (nSPS) is 13.1. The summed E-state index contributed by atoms with van der Waals surface area (Å²) in [6, 6.07) is 0. The number of aliphatic hydroxyl groups is 3. The van der Waals surface area contributed by atoms with Crippen molar-refractivity contribution in [1.82, 2.24) is 0 Å². The molecule has 128 valence electrons. The highest BCUT2D eigenvalue weighted by atomic mass is 16.8. The van der Waals surface area contributed by atoms with E-state index in [1.165, 1.54) is 0 Å². The predicted molar refractivity (Wildman–Crippen MR) is 76.7 cm³/mol. The zero-order valence-corrected chi connectivity index (χ0v) is 13.5. The van der Waals surface area contributed by atoms with Gasteiger partial charge in [-0.05, 0) is 27.7 Å². The smallest absolute Gasteiger partial charge is 0.233 e. The molecule has 0 atom stereocenters. The lowest BCUT2D eigenvalue weighted by Crippen LogP contribution is -2.66. The maximum atomic E-state index is 9.76. The molecule has 0 aromatic rings. The summed E-state index contributed by atoms with van der Waals surface area (Å²) in [6.07, 6.45) is -0.987. The third kappa shape index (κ3) is 4.35. The summed E-state index contributed by atoms with van der Waals surface area (Å²) in [5.41, 5.74) is -1.46. The van der Waals surface area contributed by atoms with Crippen LogP contribution in [-0.2, 0) is 18.9 Å². The van der Waals surface area contributed by atoms with Crippen LogP contribution in [0.3, 0.4) is 0 Å². The van der Waals surface area contributed by atoms with Crippen molar-refractivity contribution in [2.75, 3.05) is 46.2 Å². The molecule has 3 N–H and O–H groups in total. The van der Waals surface area contributed by atoms with E-state index in [0.29, 0.717) is 13.2 Å². The van der Waals surface area contributed by atoms with Crippen molar-refractivity contribution in [2.24, 2.45) is 5.41 Å². The molecule has 0 saturated heterocycles. The van der Waals surface area contributed by atoms with E-state index in [1.54, 1.807) is 27.7 Å². The van der Waals surface area contributed by atoms with E-state index in [9.17, 15) is 15.3 Å². The van der Waals surface area contributed by atoms with Crippen LogP contribution < -0.4 is 0 Å². The molecule has 7 heteroatoms. The molecule has 0 spiro atoms. The van der Waals surface area contributed by atoms with Crippen LogP contribution in [0.2, 0.25) is 0 Å². The predicted octanol–water partition coefficient (Wildman–Crippen LogP) is 0.118. The van der Waals surface area contributed by atoms with Gasteiger partial charge in [-0.3, -0.25) is 0 Å². The first kappa shape index (κ1) is 20.7. The molecule has 0 aromatic heterocycles. The zero-order chi connectivity index (χ0) is 16.4. The number of hydrogen-bond acceptors (Lipinski definition) is 7. The topological polar surface area (TPSA) is 97.6 Å². The third-order valence-electron chi connectivity index (χ3n) is 3.31. The van der Waals surface area contributed by atoms with E-state index in [0.717, 1.165) is 0 Å². The quantitative estimate of drug-likeness (QED) is 0.416.